The van der Waals surface area contributed by atoms with Crippen molar-refractivity contribution in [2.75, 3.05) is 13.1 Å². The third-order valence-corrected chi connectivity index (χ3v) is 5.21. The van der Waals surface area contributed by atoms with Crippen molar-refractivity contribution in [3.63, 3.8) is 0 Å². The number of hydrogen-bond acceptors (Lipinski definition) is 2. The van der Waals surface area contributed by atoms with E-state index in [1.165, 1.54) is 0 Å². The normalized spacial score (nSPS) is 16.8. The van der Waals surface area contributed by atoms with E-state index in [9.17, 15) is 9.90 Å². The second kappa shape index (κ2) is 6.26. The van der Waals surface area contributed by atoms with E-state index in [0.717, 1.165) is 16.3 Å². The van der Waals surface area contributed by atoms with Crippen LogP contribution in [0.4, 0.5) is 4.79 Å². The maximum Gasteiger partial charge on any atom is 0.317 e. The Hall–Kier alpha value is -1.78. The highest BCUT2D eigenvalue weighted by molar-refractivity contribution is 6.35. The number of urea groups is 1. The maximum absolute atomic E-state index is 12.4. The van der Waals surface area contributed by atoms with Crippen LogP contribution in [0.3, 0.4) is 0 Å². The second-order valence-corrected chi connectivity index (χ2v) is 7.52. The monoisotopic (exact) mass is 346 g/mol. The molecule has 4 nitrogen and oxygen atoms in total. The molecule has 2 amide bonds. The zero-order chi connectivity index (χ0) is 17.5. The van der Waals surface area contributed by atoms with Gasteiger partial charge in [0.25, 0.3) is 0 Å². The number of carbonyl (C=O) groups excluding carboxylic acids is 1. The van der Waals surface area contributed by atoms with Crippen molar-refractivity contribution in [1.29, 1.82) is 0 Å². The zero-order valence-corrected chi connectivity index (χ0v) is 15.0. The van der Waals surface area contributed by atoms with Gasteiger partial charge in [0.1, 0.15) is 0 Å². The summed E-state index contributed by atoms with van der Waals surface area (Å²) in [5.41, 5.74) is 0.303. The van der Waals surface area contributed by atoms with Crippen LogP contribution in [0.1, 0.15) is 32.4 Å². The number of likely N-dealkylation sites (tertiary alicyclic amines) is 1. The Labute approximate surface area is 147 Å². The van der Waals surface area contributed by atoms with Gasteiger partial charge in [0.05, 0.1) is 11.6 Å². The first-order valence-electron chi connectivity index (χ1n) is 8.22. The summed E-state index contributed by atoms with van der Waals surface area (Å²) >= 11 is 6.26. The summed E-state index contributed by atoms with van der Waals surface area (Å²) in [6.45, 7) is 6.72. The summed E-state index contributed by atoms with van der Waals surface area (Å²) in [5, 5.41) is 15.8. The molecule has 1 aliphatic heterocycles. The van der Waals surface area contributed by atoms with Gasteiger partial charge in [0.15, 0.2) is 0 Å². The van der Waals surface area contributed by atoms with E-state index in [1.54, 1.807) is 18.7 Å². The molecular formula is C19H23ClN2O2. The van der Waals surface area contributed by atoms with Gasteiger partial charge in [-0.2, -0.15) is 0 Å². The smallest absolute Gasteiger partial charge is 0.317 e. The van der Waals surface area contributed by atoms with Crippen LogP contribution in [0.25, 0.3) is 10.8 Å². The number of halogens is 1. The quantitative estimate of drug-likeness (QED) is 0.883. The third-order valence-electron chi connectivity index (χ3n) is 4.88. The van der Waals surface area contributed by atoms with Gasteiger partial charge in [-0.15, -0.1) is 0 Å². The fourth-order valence-corrected chi connectivity index (χ4v) is 3.34. The molecule has 1 fully saturated rings. The predicted octanol–water partition coefficient (Wildman–Crippen LogP) is 3.97. The largest absolute Gasteiger partial charge is 0.390 e. The topological polar surface area (TPSA) is 52.6 Å². The molecule has 0 radical (unpaired) electrons. The highest BCUT2D eigenvalue weighted by Gasteiger charge is 2.39. The van der Waals surface area contributed by atoms with Crippen molar-refractivity contribution >= 4 is 28.4 Å². The van der Waals surface area contributed by atoms with E-state index in [2.05, 4.69) is 5.32 Å². The Balaban J connectivity index is 1.71. The van der Waals surface area contributed by atoms with E-state index < -0.39 is 5.60 Å². The Morgan fingerprint density at radius 1 is 1.25 bits per heavy atom. The number of nitrogens with zero attached hydrogens (tertiary/aromatic N) is 1. The average molecular weight is 347 g/mol. The molecule has 2 N–H and O–H groups in total. The molecule has 0 saturated carbocycles. The van der Waals surface area contributed by atoms with Gasteiger partial charge in [-0.05, 0) is 37.8 Å². The van der Waals surface area contributed by atoms with Gasteiger partial charge >= 0.3 is 6.03 Å². The predicted molar refractivity (Wildman–Crippen MR) is 97.3 cm³/mol. The van der Waals surface area contributed by atoms with E-state index >= 15 is 0 Å². The lowest BCUT2D eigenvalue weighted by atomic mass is 9.85. The van der Waals surface area contributed by atoms with E-state index in [1.807, 2.05) is 43.3 Å². The van der Waals surface area contributed by atoms with Crippen LogP contribution in [0, 0.1) is 5.92 Å². The minimum absolute atomic E-state index is 0.0953. The fraction of sp³-hybridized carbons (Fsp3) is 0.421. The number of fused-ring (bicyclic) bond motifs is 1. The lowest BCUT2D eigenvalue weighted by Crippen LogP contribution is -2.60. The van der Waals surface area contributed by atoms with E-state index in [0.29, 0.717) is 18.1 Å². The van der Waals surface area contributed by atoms with Crippen molar-refractivity contribution in [2.24, 2.45) is 5.92 Å². The molecule has 5 heteroatoms. The molecule has 24 heavy (non-hydrogen) atoms. The van der Waals surface area contributed by atoms with Crippen LogP contribution < -0.4 is 5.32 Å². The molecule has 0 bridgehead atoms. The second-order valence-electron chi connectivity index (χ2n) is 7.11. The number of carbonyl (C=O) groups is 1. The van der Waals surface area contributed by atoms with Gasteiger partial charge < -0.3 is 15.3 Å². The molecule has 1 aliphatic rings. The van der Waals surface area contributed by atoms with Crippen LogP contribution in [0.2, 0.25) is 5.02 Å². The molecule has 3 rings (SSSR count). The van der Waals surface area contributed by atoms with Crippen LogP contribution >= 0.6 is 11.6 Å². The first-order valence-corrected chi connectivity index (χ1v) is 8.60. The molecule has 0 aliphatic carbocycles. The summed E-state index contributed by atoms with van der Waals surface area (Å²) in [6.07, 6.45) is 0. The summed E-state index contributed by atoms with van der Waals surface area (Å²) in [6, 6.07) is 11.5. The Kier molecular flexibility index (Phi) is 4.45. The van der Waals surface area contributed by atoms with Gasteiger partial charge in [0, 0.05) is 29.4 Å². The number of amides is 2. The lowest BCUT2D eigenvalue weighted by molar-refractivity contribution is -0.0459. The minimum atomic E-state index is -0.741. The van der Waals surface area contributed by atoms with Gasteiger partial charge in [-0.1, -0.05) is 41.9 Å². The minimum Gasteiger partial charge on any atom is -0.390 e. The van der Waals surface area contributed by atoms with Crippen molar-refractivity contribution in [3.8, 4) is 0 Å². The molecule has 0 spiro atoms. The molecule has 1 saturated heterocycles. The molecule has 2 aromatic carbocycles. The molecule has 1 heterocycles. The summed E-state index contributed by atoms with van der Waals surface area (Å²) < 4.78 is 0. The van der Waals surface area contributed by atoms with Crippen molar-refractivity contribution in [1.82, 2.24) is 10.2 Å². The fourth-order valence-electron chi connectivity index (χ4n) is 3.11. The highest BCUT2D eigenvalue weighted by Crippen LogP contribution is 2.31. The summed E-state index contributed by atoms with van der Waals surface area (Å²) in [5.74, 6) is 0.134. The van der Waals surface area contributed by atoms with Crippen LogP contribution in [-0.2, 0) is 0 Å². The third kappa shape index (κ3) is 3.21. The van der Waals surface area contributed by atoms with Crippen molar-refractivity contribution < 1.29 is 9.90 Å². The lowest BCUT2D eigenvalue weighted by Gasteiger charge is -2.45. The molecule has 1 unspecified atom stereocenters. The number of aliphatic hydroxyl groups is 1. The Morgan fingerprint density at radius 2 is 1.88 bits per heavy atom. The number of nitrogens with one attached hydrogen (secondary N) is 1. The standard InChI is InChI=1S/C19H23ClN2O2/c1-12(21-18(23)22-10-13(11-22)19(2,3)24)14-8-9-17(20)16-7-5-4-6-15(14)16/h4-9,12-13,24H,10-11H2,1-3H3,(H,21,23). The molecular weight excluding hydrogens is 324 g/mol. The van der Waals surface area contributed by atoms with Crippen molar-refractivity contribution in [2.45, 2.75) is 32.4 Å². The first-order chi connectivity index (χ1) is 11.3. The number of rotatable bonds is 3. The Bertz CT molecular complexity index is 764. The van der Waals surface area contributed by atoms with Gasteiger partial charge in [-0.25, -0.2) is 4.79 Å². The van der Waals surface area contributed by atoms with Crippen molar-refractivity contribution in [3.05, 3.63) is 47.0 Å². The summed E-state index contributed by atoms with van der Waals surface area (Å²) in [4.78, 5) is 14.1. The molecule has 0 aromatic heterocycles. The van der Waals surface area contributed by atoms with Gasteiger partial charge in [-0.3, -0.25) is 0 Å². The number of benzene rings is 2. The first kappa shape index (κ1) is 17.1. The zero-order valence-electron chi connectivity index (χ0n) is 14.2. The van der Waals surface area contributed by atoms with Gasteiger partial charge in [0.2, 0.25) is 0 Å². The Morgan fingerprint density at radius 3 is 2.50 bits per heavy atom. The van der Waals surface area contributed by atoms with Crippen LogP contribution in [-0.4, -0.2) is 34.7 Å². The van der Waals surface area contributed by atoms with E-state index in [4.69, 9.17) is 11.6 Å². The van der Waals surface area contributed by atoms with Crippen LogP contribution in [0.15, 0.2) is 36.4 Å². The number of hydrogen-bond donors (Lipinski definition) is 2. The highest BCUT2D eigenvalue weighted by atomic mass is 35.5. The SMILES string of the molecule is CC(NC(=O)N1CC(C(C)(C)O)C1)c1ccc(Cl)c2ccccc12. The van der Waals surface area contributed by atoms with E-state index in [-0.39, 0.29) is 18.0 Å². The average Bonchev–Trinajstić information content (AvgIpc) is 2.44. The molecule has 1 atom stereocenters. The maximum atomic E-state index is 12.4. The van der Waals surface area contributed by atoms with Crippen LogP contribution in [0.5, 0.6) is 0 Å². The molecule has 128 valence electrons. The molecule has 2 aromatic rings. The summed E-state index contributed by atoms with van der Waals surface area (Å²) in [7, 11) is 0.